The predicted octanol–water partition coefficient (Wildman–Crippen LogP) is 4.69. The lowest BCUT2D eigenvalue weighted by molar-refractivity contribution is -0.137. The number of alkyl halides is 3. The second-order valence-electron chi connectivity index (χ2n) is 4.82. The van der Waals surface area contributed by atoms with Crippen molar-refractivity contribution in [2.24, 2.45) is 0 Å². The third-order valence-corrected chi connectivity index (χ3v) is 3.23. The molecule has 0 amide bonds. The van der Waals surface area contributed by atoms with Gasteiger partial charge in [0, 0.05) is 11.1 Å². The highest BCUT2D eigenvalue weighted by Crippen LogP contribution is 2.31. The van der Waals surface area contributed by atoms with Crippen LogP contribution in [-0.4, -0.2) is 5.78 Å². The molecule has 0 aromatic heterocycles. The van der Waals surface area contributed by atoms with Crippen LogP contribution in [0.5, 0.6) is 0 Å². The molecule has 21 heavy (non-hydrogen) atoms. The van der Waals surface area contributed by atoms with Crippen LogP contribution in [0.2, 0.25) is 0 Å². The Kier molecular flexibility index (Phi) is 3.85. The van der Waals surface area contributed by atoms with Gasteiger partial charge >= 0.3 is 6.18 Å². The topological polar surface area (TPSA) is 17.1 Å². The van der Waals surface area contributed by atoms with Crippen LogP contribution in [0.1, 0.15) is 32.6 Å². The molecule has 2 rings (SSSR count). The third-order valence-electron chi connectivity index (χ3n) is 3.23. The summed E-state index contributed by atoms with van der Waals surface area (Å²) in [6.07, 6.45) is -4.46. The first-order valence-electron chi connectivity index (χ1n) is 6.19. The second-order valence-corrected chi connectivity index (χ2v) is 4.82. The molecule has 0 bridgehead atoms. The molecule has 2 aromatic carbocycles. The smallest absolute Gasteiger partial charge is 0.289 e. The second kappa shape index (κ2) is 5.31. The first-order valence-corrected chi connectivity index (χ1v) is 6.19. The zero-order valence-corrected chi connectivity index (χ0v) is 11.4. The highest BCUT2D eigenvalue weighted by Gasteiger charge is 2.31. The SMILES string of the molecule is Cc1ccc(C(=O)c2ccc(C(F)(F)F)cc2C)cc1F. The van der Waals surface area contributed by atoms with E-state index in [4.69, 9.17) is 0 Å². The summed E-state index contributed by atoms with van der Waals surface area (Å²) < 4.78 is 51.2. The average molecular weight is 296 g/mol. The number of hydrogen-bond acceptors (Lipinski definition) is 1. The molecule has 0 aliphatic heterocycles. The van der Waals surface area contributed by atoms with Gasteiger partial charge in [0.2, 0.25) is 0 Å². The van der Waals surface area contributed by atoms with Gasteiger partial charge in [-0.05, 0) is 43.2 Å². The van der Waals surface area contributed by atoms with Crippen molar-refractivity contribution in [3.05, 3.63) is 70.0 Å². The maximum atomic E-state index is 13.5. The Labute approximate surface area is 119 Å². The first-order chi connectivity index (χ1) is 9.70. The molecule has 1 nitrogen and oxygen atoms in total. The van der Waals surface area contributed by atoms with Crippen molar-refractivity contribution < 1.29 is 22.4 Å². The van der Waals surface area contributed by atoms with Crippen molar-refractivity contribution in [1.82, 2.24) is 0 Å². The molecule has 0 saturated carbocycles. The minimum Gasteiger partial charge on any atom is -0.289 e. The van der Waals surface area contributed by atoms with Crippen LogP contribution in [0.15, 0.2) is 36.4 Å². The Balaban J connectivity index is 2.42. The summed E-state index contributed by atoms with van der Waals surface area (Å²) in [6.45, 7) is 2.99. The summed E-state index contributed by atoms with van der Waals surface area (Å²) in [5.41, 5.74) is 0.0327. The van der Waals surface area contributed by atoms with Gasteiger partial charge in [-0.1, -0.05) is 18.2 Å². The van der Waals surface area contributed by atoms with Crippen LogP contribution >= 0.6 is 0 Å². The van der Waals surface area contributed by atoms with Gasteiger partial charge in [0.1, 0.15) is 5.82 Å². The molecule has 0 atom stereocenters. The predicted molar refractivity (Wildman–Crippen MR) is 70.8 cm³/mol. The molecule has 0 radical (unpaired) electrons. The molecule has 0 aliphatic rings. The molecule has 2 aromatic rings. The number of benzene rings is 2. The molecule has 0 saturated heterocycles. The van der Waals surface area contributed by atoms with E-state index in [1.165, 1.54) is 19.1 Å². The number of halogens is 4. The van der Waals surface area contributed by atoms with E-state index in [2.05, 4.69) is 0 Å². The van der Waals surface area contributed by atoms with E-state index in [9.17, 15) is 22.4 Å². The van der Waals surface area contributed by atoms with Crippen molar-refractivity contribution >= 4 is 5.78 Å². The van der Waals surface area contributed by atoms with Crippen molar-refractivity contribution in [3.8, 4) is 0 Å². The fourth-order valence-corrected chi connectivity index (χ4v) is 1.98. The van der Waals surface area contributed by atoms with E-state index in [0.29, 0.717) is 5.56 Å². The monoisotopic (exact) mass is 296 g/mol. The zero-order valence-electron chi connectivity index (χ0n) is 11.4. The first kappa shape index (κ1) is 15.2. The Bertz CT molecular complexity index is 702. The number of aryl methyl sites for hydroxylation is 2. The molecule has 0 N–H and O–H groups in total. The summed E-state index contributed by atoms with van der Waals surface area (Å²) in [5.74, 6) is -1.02. The summed E-state index contributed by atoms with van der Waals surface area (Å²) >= 11 is 0. The van der Waals surface area contributed by atoms with Crippen LogP contribution in [0.25, 0.3) is 0 Å². The van der Waals surface area contributed by atoms with Gasteiger partial charge in [-0.25, -0.2) is 4.39 Å². The molecule has 5 heteroatoms. The van der Waals surface area contributed by atoms with Crippen LogP contribution < -0.4 is 0 Å². The van der Waals surface area contributed by atoms with Gasteiger partial charge in [0.05, 0.1) is 5.56 Å². The average Bonchev–Trinajstić information content (AvgIpc) is 2.40. The number of ketones is 1. The molecule has 0 spiro atoms. The van der Waals surface area contributed by atoms with Crippen molar-refractivity contribution in [3.63, 3.8) is 0 Å². The summed E-state index contributed by atoms with van der Waals surface area (Å²) in [4.78, 5) is 12.2. The number of hydrogen-bond donors (Lipinski definition) is 0. The Hall–Kier alpha value is -2.17. The van der Waals surface area contributed by atoms with E-state index in [0.717, 1.165) is 24.3 Å². The molecule has 0 heterocycles. The minimum absolute atomic E-state index is 0.112. The molecule has 0 aliphatic carbocycles. The van der Waals surface area contributed by atoms with Gasteiger partial charge in [-0.15, -0.1) is 0 Å². The molecular weight excluding hydrogens is 284 g/mol. The number of rotatable bonds is 2. The fourth-order valence-electron chi connectivity index (χ4n) is 1.98. The van der Waals surface area contributed by atoms with E-state index < -0.39 is 23.3 Å². The van der Waals surface area contributed by atoms with E-state index in [1.807, 2.05) is 0 Å². The van der Waals surface area contributed by atoms with Crippen molar-refractivity contribution in [2.75, 3.05) is 0 Å². The Morgan fingerprint density at radius 2 is 1.62 bits per heavy atom. The van der Waals surface area contributed by atoms with Gasteiger partial charge in [-0.2, -0.15) is 13.2 Å². The van der Waals surface area contributed by atoms with Crippen LogP contribution in [0.4, 0.5) is 17.6 Å². The van der Waals surface area contributed by atoms with Crippen molar-refractivity contribution in [1.29, 1.82) is 0 Å². The van der Waals surface area contributed by atoms with Crippen molar-refractivity contribution in [2.45, 2.75) is 20.0 Å². The van der Waals surface area contributed by atoms with E-state index in [-0.39, 0.29) is 16.7 Å². The zero-order chi connectivity index (χ0) is 15.8. The van der Waals surface area contributed by atoms with Crippen LogP contribution in [0, 0.1) is 19.7 Å². The third kappa shape index (κ3) is 3.12. The lowest BCUT2D eigenvalue weighted by Gasteiger charge is -2.11. The molecular formula is C16H12F4O. The highest BCUT2D eigenvalue weighted by atomic mass is 19.4. The molecule has 110 valence electrons. The van der Waals surface area contributed by atoms with Crippen LogP contribution in [-0.2, 0) is 6.18 Å². The maximum Gasteiger partial charge on any atom is 0.416 e. The fraction of sp³-hybridized carbons (Fsp3) is 0.188. The van der Waals surface area contributed by atoms with Crippen LogP contribution in [0.3, 0.4) is 0 Å². The number of carbonyl (C=O) groups is 1. The summed E-state index contributed by atoms with van der Waals surface area (Å²) in [5, 5.41) is 0. The summed E-state index contributed by atoms with van der Waals surface area (Å²) in [7, 11) is 0. The van der Waals surface area contributed by atoms with E-state index >= 15 is 0 Å². The quantitative estimate of drug-likeness (QED) is 0.580. The highest BCUT2D eigenvalue weighted by molar-refractivity contribution is 6.09. The summed E-state index contributed by atoms with van der Waals surface area (Å²) in [6, 6.07) is 6.90. The minimum atomic E-state index is -4.46. The Morgan fingerprint density at radius 3 is 2.14 bits per heavy atom. The van der Waals surface area contributed by atoms with Gasteiger partial charge in [-0.3, -0.25) is 4.79 Å². The normalized spacial score (nSPS) is 11.5. The van der Waals surface area contributed by atoms with E-state index in [1.54, 1.807) is 6.92 Å². The lowest BCUT2D eigenvalue weighted by Crippen LogP contribution is -2.09. The lowest BCUT2D eigenvalue weighted by atomic mass is 9.96. The molecule has 0 fully saturated rings. The van der Waals surface area contributed by atoms with Gasteiger partial charge in [0.25, 0.3) is 0 Å². The standard InChI is InChI=1S/C16H12F4O/c1-9-3-4-11(8-14(9)17)15(21)13-6-5-12(7-10(13)2)16(18,19)20/h3-8H,1-2H3. The van der Waals surface area contributed by atoms with Gasteiger partial charge < -0.3 is 0 Å². The molecule has 0 unspecified atom stereocenters. The van der Waals surface area contributed by atoms with Gasteiger partial charge in [0.15, 0.2) is 5.78 Å². The largest absolute Gasteiger partial charge is 0.416 e. The number of carbonyl (C=O) groups excluding carboxylic acids is 1. The Morgan fingerprint density at radius 1 is 0.952 bits per heavy atom. The maximum absolute atomic E-state index is 13.5.